The van der Waals surface area contributed by atoms with Gasteiger partial charge in [0.25, 0.3) is 0 Å². The molecule has 0 fully saturated rings. The summed E-state index contributed by atoms with van der Waals surface area (Å²) in [6.45, 7) is 3.75. The van der Waals surface area contributed by atoms with Gasteiger partial charge in [-0.3, -0.25) is 0 Å². The topological polar surface area (TPSA) is 29.5 Å². The van der Waals surface area contributed by atoms with Crippen LogP contribution in [0.25, 0.3) is 11.1 Å². The second-order valence-corrected chi connectivity index (χ2v) is 4.07. The van der Waals surface area contributed by atoms with Crippen molar-refractivity contribution in [1.82, 2.24) is 0 Å². The third-order valence-corrected chi connectivity index (χ3v) is 2.82. The van der Waals surface area contributed by atoms with Crippen LogP contribution in [0.5, 0.6) is 11.5 Å². The lowest BCUT2D eigenvalue weighted by Gasteiger charge is -2.10. The highest BCUT2D eigenvalue weighted by Gasteiger charge is 2.06. The number of phenols is 1. The maximum absolute atomic E-state index is 9.32. The molecular formula is C16H16O2. The molecule has 2 nitrogen and oxygen atoms in total. The monoisotopic (exact) mass is 240 g/mol. The van der Waals surface area contributed by atoms with E-state index >= 15 is 0 Å². The van der Waals surface area contributed by atoms with Crippen molar-refractivity contribution in [3.05, 3.63) is 60.7 Å². The summed E-state index contributed by atoms with van der Waals surface area (Å²) in [5.41, 5.74) is 3.24. The second-order valence-electron chi connectivity index (χ2n) is 4.07. The van der Waals surface area contributed by atoms with Crippen LogP contribution in [0.2, 0.25) is 0 Å². The fourth-order valence-corrected chi connectivity index (χ4v) is 1.92. The lowest BCUT2D eigenvalue weighted by atomic mass is 10.0. The van der Waals surface area contributed by atoms with Gasteiger partial charge < -0.3 is 9.84 Å². The summed E-state index contributed by atoms with van der Waals surface area (Å²) in [6.07, 6.45) is 2.71. The summed E-state index contributed by atoms with van der Waals surface area (Å²) >= 11 is 0. The van der Waals surface area contributed by atoms with Crippen molar-refractivity contribution in [1.29, 1.82) is 0 Å². The molecule has 0 bridgehead atoms. The van der Waals surface area contributed by atoms with E-state index in [0.29, 0.717) is 0 Å². The minimum Gasteiger partial charge on any atom is -0.508 e. The predicted molar refractivity (Wildman–Crippen MR) is 74.0 cm³/mol. The molecule has 0 heterocycles. The van der Waals surface area contributed by atoms with Crippen LogP contribution in [0.1, 0.15) is 5.56 Å². The largest absolute Gasteiger partial charge is 0.508 e. The maximum atomic E-state index is 9.32. The van der Waals surface area contributed by atoms with Gasteiger partial charge in [-0.25, -0.2) is 0 Å². The Kier molecular flexibility index (Phi) is 3.68. The molecule has 0 aromatic heterocycles. The lowest BCUT2D eigenvalue weighted by molar-refractivity contribution is 0.416. The van der Waals surface area contributed by atoms with E-state index in [1.54, 1.807) is 19.2 Å². The van der Waals surface area contributed by atoms with Crippen molar-refractivity contribution < 1.29 is 9.84 Å². The van der Waals surface area contributed by atoms with Gasteiger partial charge in [-0.1, -0.05) is 24.3 Å². The molecule has 0 amide bonds. The summed E-state index contributed by atoms with van der Waals surface area (Å²) < 4.78 is 5.37. The Labute approximate surface area is 107 Å². The number of methoxy groups -OCH3 is 1. The molecule has 92 valence electrons. The van der Waals surface area contributed by atoms with Crippen LogP contribution in [0.3, 0.4) is 0 Å². The molecule has 1 N–H and O–H groups in total. The van der Waals surface area contributed by atoms with Crippen LogP contribution >= 0.6 is 0 Å². The fraction of sp³-hybridized carbons (Fsp3) is 0.125. The fourth-order valence-electron chi connectivity index (χ4n) is 1.92. The van der Waals surface area contributed by atoms with E-state index in [1.807, 2.05) is 30.3 Å². The van der Waals surface area contributed by atoms with Crippen molar-refractivity contribution in [2.75, 3.05) is 7.11 Å². The number of rotatable bonds is 4. The zero-order valence-electron chi connectivity index (χ0n) is 10.4. The molecular weight excluding hydrogens is 224 g/mol. The van der Waals surface area contributed by atoms with Crippen LogP contribution < -0.4 is 4.74 Å². The number of phenolic OH excluding ortho intramolecular Hbond substituents is 1. The van der Waals surface area contributed by atoms with Crippen molar-refractivity contribution in [2.24, 2.45) is 0 Å². The first-order valence-electron chi connectivity index (χ1n) is 5.82. The Morgan fingerprint density at radius 2 is 1.89 bits per heavy atom. The van der Waals surface area contributed by atoms with E-state index in [0.717, 1.165) is 23.3 Å². The highest BCUT2D eigenvalue weighted by molar-refractivity contribution is 5.71. The number of allylic oxidation sites excluding steroid dienone is 1. The smallest absolute Gasteiger partial charge is 0.126 e. The van der Waals surface area contributed by atoms with E-state index in [2.05, 4.69) is 12.6 Å². The van der Waals surface area contributed by atoms with E-state index in [4.69, 9.17) is 4.74 Å². The van der Waals surface area contributed by atoms with Gasteiger partial charge in [-0.2, -0.15) is 0 Å². The standard InChI is InChI=1S/C16H16O2/c1-3-4-12-5-10-16(18-2)15(11-12)13-6-8-14(17)9-7-13/h3,5-11,17H,1,4H2,2H3. The van der Waals surface area contributed by atoms with E-state index in [-0.39, 0.29) is 5.75 Å². The Hall–Kier alpha value is -2.22. The molecule has 0 radical (unpaired) electrons. The van der Waals surface area contributed by atoms with Gasteiger partial charge >= 0.3 is 0 Å². The van der Waals surface area contributed by atoms with Crippen LogP contribution in [-0.4, -0.2) is 12.2 Å². The second kappa shape index (κ2) is 5.41. The SMILES string of the molecule is C=CCc1ccc(OC)c(-c2ccc(O)cc2)c1. The van der Waals surface area contributed by atoms with Crippen molar-refractivity contribution in [3.63, 3.8) is 0 Å². The van der Waals surface area contributed by atoms with Gasteiger partial charge in [-0.05, 0) is 41.8 Å². The summed E-state index contributed by atoms with van der Waals surface area (Å²) in [7, 11) is 1.66. The highest BCUT2D eigenvalue weighted by Crippen LogP contribution is 2.31. The molecule has 2 rings (SSSR count). The molecule has 0 saturated carbocycles. The zero-order chi connectivity index (χ0) is 13.0. The predicted octanol–water partition coefficient (Wildman–Crippen LogP) is 3.80. The molecule has 2 aromatic rings. The van der Waals surface area contributed by atoms with Gasteiger partial charge in [0.05, 0.1) is 7.11 Å². The summed E-state index contributed by atoms with van der Waals surface area (Å²) in [5.74, 6) is 1.09. The van der Waals surface area contributed by atoms with Crippen molar-refractivity contribution in [3.8, 4) is 22.6 Å². The van der Waals surface area contributed by atoms with Gasteiger partial charge in [0, 0.05) is 5.56 Å². The average Bonchev–Trinajstić information content (AvgIpc) is 2.40. The van der Waals surface area contributed by atoms with Gasteiger partial charge in [0.15, 0.2) is 0 Å². The number of aromatic hydroxyl groups is 1. The molecule has 0 aliphatic carbocycles. The van der Waals surface area contributed by atoms with E-state index in [1.165, 1.54) is 5.56 Å². The Morgan fingerprint density at radius 3 is 2.50 bits per heavy atom. The van der Waals surface area contributed by atoms with Gasteiger partial charge in [0.1, 0.15) is 11.5 Å². The Morgan fingerprint density at radius 1 is 1.17 bits per heavy atom. The number of hydrogen-bond donors (Lipinski definition) is 1. The van der Waals surface area contributed by atoms with Crippen molar-refractivity contribution >= 4 is 0 Å². The first-order valence-corrected chi connectivity index (χ1v) is 5.82. The average molecular weight is 240 g/mol. The number of hydrogen-bond acceptors (Lipinski definition) is 2. The van der Waals surface area contributed by atoms with E-state index < -0.39 is 0 Å². The summed E-state index contributed by atoms with van der Waals surface area (Å²) in [4.78, 5) is 0. The molecule has 0 aliphatic rings. The summed E-state index contributed by atoms with van der Waals surface area (Å²) in [6, 6.07) is 13.2. The number of ether oxygens (including phenoxy) is 1. The molecule has 0 unspecified atom stereocenters. The molecule has 2 aromatic carbocycles. The zero-order valence-corrected chi connectivity index (χ0v) is 10.4. The maximum Gasteiger partial charge on any atom is 0.126 e. The quantitative estimate of drug-likeness (QED) is 0.824. The van der Waals surface area contributed by atoms with Crippen LogP contribution in [-0.2, 0) is 6.42 Å². The third kappa shape index (κ3) is 2.54. The first-order chi connectivity index (χ1) is 8.74. The number of benzene rings is 2. The molecule has 0 spiro atoms. The molecule has 0 atom stereocenters. The normalized spacial score (nSPS) is 10.1. The molecule has 0 saturated heterocycles. The van der Waals surface area contributed by atoms with Crippen LogP contribution in [0, 0.1) is 0 Å². The molecule has 2 heteroatoms. The van der Waals surface area contributed by atoms with Gasteiger partial charge in [0.2, 0.25) is 0 Å². The minimum absolute atomic E-state index is 0.264. The molecule has 0 aliphatic heterocycles. The Bertz CT molecular complexity index is 542. The minimum atomic E-state index is 0.264. The third-order valence-electron chi connectivity index (χ3n) is 2.82. The summed E-state index contributed by atoms with van der Waals surface area (Å²) in [5, 5.41) is 9.32. The van der Waals surface area contributed by atoms with Gasteiger partial charge in [-0.15, -0.1) is 6.58 Å². The van der Waals surface area contributed by atoms with Crippen LogP contribution in [0.4, 0.5) is 0 Å². The Balaban J connectivity index is 2.49. The van der Waals surface area contributed by atoms with E-state index in [9.17, 15) is 5.11 Å². The lowest BCUT2D eigenvalue weighted by Crippen LogP contribution is -1.90. The van der Waals surface area contributed by atoms with Crippen molar-refractivity contribution in [2.45, 2.75) is 6.42 Å². The first kappa shape index (κ1) is 12.2. The molecule has 18 heavy (non-hydrogen) atoms. The van der Waals surface area contributed by atoms with Crippen LogP contribution in [0.15, 0.2) is 55.1 Å². The highest BCUT2D eigenvalue weighted by atomic mass is 16.5.